The predicted octanol–water partition coefficient (Wildman–Crippen LogP) is 10.2. The minimum Gasteiger partial charge on any atom is -0.393 e. The molecule has 0 radical (unpaired) electrons. The Morgan fingerprint density at radius 3 is 0.881 bits per heavy atom. The van der Waals surface area contributed by atoms with Crippen LogP contribution in [0.15, 0.2) is 60.7 Å². The SMILES string of the molecule is CC1(C)CC(OP(OC2CC(C)(C)N(O)C(C)(C)C2)OC2CC(C)(C)N(O)C(C)(C)C2)CC(C)(C)N1O.CC1(c2ccccc2)CC(O)CC(C)(c2ccccc2)N1O. The van der Waals surface area contributed by atoms with Gasteiger partial charge in [-0.05, 0) is 159 Å². The topological polar surface area (TPSA) is 142 Å². The van der Waals surface area contributed by atoms with E-state index in [1.807, 2.05) is 158 Å². The molecule has 4 aliphatic rings. The van der Waals surface area contributed by atoms with Gasteiger partial charge in [-0.15, -0.1) is 0 Å². The fourth-order valence-corrected chi connectivity index (χ4v) is 12.3. The molecule has 4 saturated heterocycles. The molecule has 2 aromatic rings. The smallest absolute Gasteiger partial charge is 0.333 e. The predicted molar refractivity (Wildman–Crippen MR) is 231 cm³/mol. The van der Waals surface area contributed by atoms with Crippen molar-refractivity contribution in [3.8, 4) is 0 Å². The van der Waals surface area contributed by atoms with Crippen molar-refractivity contribution in [3.05, 3.63) is 71.8 Å². The molecule has 4 fully saturated rings. The van der Waals surface area contributed by atoms with Gasteiger partial charge in [-0.2, -0.15) is 20.3 Å². The summed E-state index contributed by atoms with van der Waals surface area (Å²) in [5.41, 5.74) is -1.93. The van der Waals surface area contributed by atoms with Crippen molar-refractivity contribution in [1.29, 1.82) is 0 Å². The number of rotatable bonds is 8. The lowest BCUT2D eigenvalue weighted by atomic mass is 9.72. The first-order valence-corrected chi connectivity index (χ1v) is 22.6. The monoisotopic (exact) mass is 845 g/mol. The van der Waals surface area contributed by atoms with Gasteiger partial charge in [-0.25, -0.2) is 0 Å². The van der Waals surface area contributed by atoms with Crippen molar-refractivity contribution >= 4 is 8.60 Å². The summed E-state index contributed by atoms with van der Waals surface area (Å²) < 4.78 is 20.0. The van der Waals surface area contributed by atoms with Crippen LogP contribution in [0.5, 0.6) is 0 Å². The van der Waals surface area contributed by atoms with Crippen LogP contribution in [0.2, 0.25) is 0 Å². The minimum atomic E-state index is -1.72. The lowest BCUT2D eigenvalue weighted by molar-refractivity contribution is -0.277. The Balaban J connectivity index is 0.000000254. The summed E-state index contributed by atoms with van der Waals surface area (Å²) in [5, 5.41) is 59.7. The van der Waals surface area contributed by atoms with Gasteiger partial charge in [0.2, 0.25) is 0 Å². The number of nitrogens with zero attached hydrogens (tertiary/aromatic N) is 4. The van der Waals surface area contributed by atoms with E-state index in [9.17, 15) is 25.9 Å². The highest BCUT2D eigenvalue weighted by Gasteiger charge is 2.53. The fourth-order valence-electron chi connectivity index (χ4n) is 11.0. The third kappa shape index (κ3) is 10.4. The van der Waals surface area contributed by atoms with Crippen molar-refractivity contribution in [2.45, 2.75) is 217 Å². The molecule has 13 heteroatoms. The molecule has 6 rings (SSSR count). The Labute approximate surface area is 356 Å². The molecule has 0 saturated carbocycles. The zero-order chi connectivity index (χ0) is 44.2. The van der Waals surface area contributed by atoms with Crippen molar-refractivity contribution in [2.24, 2.45) is 0 Å². The molecule has 4 heterocycles. The molecule has 0 aliphatic carbocycles. The number of hydroxylamine groups is 8. The second-order valence-electron chi connectivity index (χ2n) is 22.1. The van der Waals surface area contributed by atoms with E-state index in [0.717, 1.165) is 11.1 Å². The summed E-state index contributed by atoms with van der Waals surface area (Å²) in [6.07, 6.45) is 4.03. The van der Waals surface area contributed by atoms with E-state index in [-0.39, 0.29) is 18.3 Å². The van der Waals surface area contributed by atoms with Crippen molar-refractivity contribution in [1.82, 2.24) is 20.3 Å². The van der Waals surface area contributed by atoms with Gasteiger partial charge in [0.05, 0.1) is 35.5 Å². The molecule has 5 N–H and O–H groups in total. The van der Waals surface area contributed by atoms with E-state index in [0.29, 0.717) is 51.4 Å². The largest absolute Gasteiger partial charge is 0.393 e. The summed E-state index contributed by atoms with van der Waals surface area (Å²) in [6.45, 7) is 28.3. The molecule has 2 unspecified atom stereocenters. The summed E-state index contributed by atoms with van der Waals surface area (Å²) in [5.74, 6) is 0. The number of aliphatic hydroxyl groups excluding tert-OH is 1. The van der Waals surface area contributed by atoms with Crippen LogP contribution in [-0.4, -0.2) is 104 Å². The first kappa shape index (κ1) is 48.4. The van der Waals surface area contributed by atoms with Crippen LogP contribution in [0.3, 0.4) is 0 Å². The highest BCUT2D eigenvalue weighted by molar-refractivity contribution is 7.41. The van der Waals surface area contributed by atoms with Gasteiger partial charge in [0.1, 0.15) is 0 Å². The van der Waals surface area contributed by atoms with Gasteiger partial charge in [0, 0.05) is 33.2 Å². The van der Waals surface area contributed by atoms with E-state index < -0.39 is 59.0 Å². The number of hydrogen-bond acceptors (Lipinski definition) is 12. The van der Waals surface area contributed by atoms with Crippen molar-refractivity contribution < 1.29 is 39.5 Å². The van der Waals surface area contributed by atoms with Gasteiger partial charge in [-0.3, -0.25) is 0 Å². The van der Waals surface area contributed by atoms with Crippen molar-refractivity contribution in [2.75, 3.05) is 0 Å². The Kier molecular flexibility index (Phi) is 14.1. The number of aliphatic hydroxyl groups is 1. The third-order valence-corrected chi connectivity index (χ3v) is 14.9. The van der Waals surface area contributed by atoms with Crippen LogP contribution in [0.1, 0.15) is 159 Å². The molecule has 59 heavy (non-hydrogen) atoms. The van der Waals surface area contributed by atoms with Crippen LogP contribution in [0.4, 0.5) is 0 Å². The Morgan fingerprint density at radius 1 is 0.407 bits per heavy atom. The van der Waals surface area contributed by atoms with Gasteiger partial charge < -0.3 is 39.5 Å². The van der Waals surface area contributed by atoms with E-state index in [2.05, 4.69) is 0 Å². The molecule has 334 valence electrons. The zero-order valence-electron chi connectivity index (χ0n) is 38.4. The van der Waals surface area contributed by atoms with Gasteiger partial charge in [0.25, 0.3) is 0 Å². The minimum absolute atomic E-state index is 0.141. The Morgan fingerprint density at radius 2 is 0.644 bits per heavy atom. The lowest BCUT2D eigenvalue weighted by Gasteiger charge is -2.53. The highest BCUT2D eigenvalue weighted by Crippen LogP contribution is 2.54. The molecule has 2 atom stereocenters. The second kappa shape index (κ2) is 17.2. The quantitative estimate of drug-likeness (QED) is 0.162. The average molecular weight is 845 g/mol. The summed E-state index contributed by atoms with van der Waals surface area (Å²) in [6, 6.07) is 19.8. The van der Waals surface area contributed by atoms with Crippen LogP contribution in [0.25, 0.3) is 0 Å². The highest BCUT2D eigenvalue weighted by atomic mass is 31.2. The molecule has 0 spiro atoms. The molecule has 0 amide bonds. The maximum absolute atomic E-state index is 11.1. The summed E-state index contributed by atoms with van der Waals surface area (Å²) in [7, 11) is -1.72. The van der Waals surface area contributed by atoms with Gasteiger partial charge in [-0.1, -0.05) is 60.7 Å². The first-order chi connectivity index (χ1) is 27.0. The Bertz CT molecular complexity index is 1480. The molecule has 2 aromatic carbocycles. The molecule has 4 aliphatic heterocycles. The van der Waals surface area contributed by atoms with E-state index in [4.69, 9.17) is 13.6 Å². The van der Waals surface area contributed by atoms with E-state index in [1.165, 1.54) is 20.3 Å². The normalized spacial score (nSPS) is 31.8. The van der Waals surface area contributed by atoms with Gasteiger partial charge >= 0.3 is 8.60 Å². The van der Waals surface area contributed by atoms with Crippen LogP contribution < -0.4 is 0 Å². The maximum Gasteiger partial charge on any atom is 0.333 e. The maximum atomic E-state index is 11.1. The zero-order valence-corrected chi connectivity index (χ0v) is 39.3. The van der Waals surface area contributed by atoms with E-state index >= 15 is 0 Å². The first-order valence-electron chi connectivity index (χ1n) is 21.5. The van der Waals surface area contributed by atoms with Crippen LogP contribution in [-0.2, 0) is 24.6 Å². The third-order valence-electron chi connectivity index (χ3n) is 13.5. The van der Waals surface area contributed by atoms with Gasteiger partial charge in [0.15, 0.2) is 0 Å². The lowest BCUT2D eigenvalue weighted by Crippen LogP contribution is -2.61. The number of piperidine rings is 4. The molecular weight excluding hydrogens is 767 g/mol. The fraction of sp³-hybridized carbons (Fsp3) is 0.739. The van der Waals surface area contributed by atoms with E-state index in [1.54, 1.807) is 0 Å². The Hall–Kier alpha value is -1.61. The van der Waals surface area contributed by atoms with Crippen LogP contribution in [0, 0.1) is 0 Å². The molecule has 12 nitrogen and oxygen atoms in total. The summed E-state index contributed by atoms with van der Waals surface area (Å²) >= 11 is 0. The van der Waals surface area contributed by atoms with Crippen LogP contribution >= 0.6 is 8.60 Å². The molecule has 0 aromatic heterocycles. The number of benzene rings is 2. The average Bonchev–Trinajstić information content (AvgIpc) is 3.11. The van der Waals surface area contributed by atoms with Crippen molar-refractivity contribution in [3.63, 3.8) is 0 Å². The number of hydrogen-bond donors (Lipinski definition) is 5. The molecular formula is C46H77N4O8P. The second-order valence-corrected chi connectivity index (χ2v) is 23.2. The standard InChI is InChI=1S/C27H54N3O6P.C19H23NO2/c1-22(2)13-19(14-23(3,4)28(22)31)34-37(35-20-15-24(5,6)29(32)25(7,8)16-20)36-21-17-26(9,10)30(33)27(11,12)18-21;1-18(15-9-5-3-6-10-15)13-17(21)14-19(2,20(18)22)16-11-7-4-8-12-16/h19-21,31-33H,13-18H2,1-12H3;3-12,17,21-22H,13-14H2,1-2H3. The summed E-state index contributed by atoms with van der Waals surface area (Å²) in [4.78, 5) is 0. The molecule has 0 bridgehead atoms.